The minimum absolute atomic E-state index is 0.0421. The first-order chi connectivity index (χ1) is 13.5. The first-order valence-electron chi connectivity index (χ1n) is 8.23. The number of nitriles is 1. The lowest BCUT2D eigenvalue weighted by atomic mass is 9.88. The van der Waals surface area contributed by atoms with Crippen LogP contribution in [0.25, 0.3) is 5.69 Å². The minimum Gasteiger partial charge on any atom is -0.384 e. The van der Waals surface area contributed by atoms with E-state index in [1.807, 2.05) is 34.9 Å². The molecule has 138 valence electrons. The number of nitrogens with zero attached hydrogens (tertiary/aromatic N) is 3. The molecule has 3 aromatic rings. The minimum atomic E-state index is -0.530. The standard InChI is InChI=1S/C19H13N5O2S2/c20-10-14-15(11-5-4-8-13(9-11)24(25)26)16-18(22-17(14)21)23(19(27)28-16)12-6-2-1-3-7-12/h1-9,15,22H,21H2. The molecule has 28 heavy (non-hydrogen) atoms. The van der Waals surface area contributed by atoms with Crippen molar-refractivity contribution in [2.75, 3.05) is 5.32 Å². The van der Waals surface area contributed by atoms with Gasteiger partial charge in [-0.15, -0.1) is 11.3 Å². The average Bonchev–Trinajstić information content (AvgIpc) is 3.02. The van der Waals surface area contributed by atoms with Crippen molar-refractivity contribution in [2.24, 2.45) is 5.73 Å². The molecule has 1 atom stereocenters. The number of nitrogens with two attached hydrogens (primary N) is 1. The molecule has 0 fully saturated rings. The van der Waals surface area contributed by atoms with Gasteiger partial charge in [0.2, 0.25) is 0 Å². The number of nitrogens with one attached hydrogen (secondary N) is 1. The molecule has 2 heterocycles. The Bertz CT molecular complexity index is 1220. The molecule has 1 aromatic heterocycles. The molecular weight excluding hydrogens is 394 g/mol. The summed E-state index contributed by atoms with van der Waals surface area (Å²) in [5.74, 6) is 0.357. The molecule has 0 radical (unpaired) electrons. The summed E-state index contributed by atoms with van der Waals surface area (Å²) < 4.78 is 2.45. The number of fused-ring (bicyclic) bond motifs is 1. The number of thiazole rings is 1. The Hall–Kier alpha value is -3.48. The maximum atomic E-state index is 11.2. The fourth-order valence-electron chi connectivity index (χ4n) is 3.26. The van der Waals surface area contributed by atoms with E-state index in [0.29, 0.717) is 20.9 Å². The number of rotatable bonds is 3. The van der Waals surface area contributed by atoms with E-state index < -0.39 is 10.8 Å². The summed E-state index contributed by atoms with van der Waals surface area (Å²) in [6.45, 7) is 0. The third-order valence-electron chi connectivity index (χ3n) is 4.48. The van der Waals surface area contributed by atoms with Crippen LogP contribution in [-0.2, 0) is 0 Å². The predicted octanol–water partition coefficient (Wildman–Crippen LogP) is 4.43. The van der Waals surface area contributed by atoms with Gasteiger partial charge < -0.3 is 11.1 Å². The molecule has 2 aromatic carbocycles. The first kappa shape index (κ1) is 17.9. The van der Waals surface area contributed by atoms with Gasteiger partial charge in [-0.25, -0.2) is 0 Å². The number of anilines is 1. The van der Waals surface area contributed by atoms with Crippen molar-refractivity contribution < 1.29 is 4.92 Å². The van der Waals surface area contributed by atoms with Gasteiger partial charge in [-0.3, -0.25) is 14.7 Å². The lowest BCUT2D eigenvalue weighted by Gasteiger charge is -2.25. The third kappa shape index (κ3) is 2.85. The van der Waals surface area contributed by atoms with Crippen LogP contribution in [0.4, 0.5) is 11.5 Å². The number of nitro groups is 1. The van der Waals surface area contributed by atoms with Crippen LogP contribution >= 0.6 is 23.6 Å². The summed E-state index contributed by atoms with van der Waals surface area (Å²) in [7, 11) is 0. The van der Waals surface area contributed by atoms with Crippen molar-refractivity contribution in [2.45, 2.75) is 5.92 Å². The van der Waals surface area contributed by atoms with Crippen molar-refractivity contribution in [3.05, 3.63) is 90.5 Å². The zero-order valence-electron chi connectivity index (χ0n) is 14.3. The molecule has 3 N–H and O–H groups in total. The molecule has 0 saturated carbocycles. The van der Waals surface area contributed by atoms with Gasteiger partial charge >= 0.3 is 0 Å². The molecule has 1 unspecified atom stereocenters. The first-order valence-corrected chi connectivity index (χ1v) is 9.46. The molecule has 0 amide bonds. The molecule has 1 aliphatic heterocycles. The molecule has 0 spiro atoms. The van der Waals surface area contributed by atoms with Crippen LogP contribution in [0.2, 0.25) is 0 Å². The van der Waals surface area contributed by atoms with E-state index in [-0.39, 0.29) is 11.5 Å². The number of allylic oxidation sites excluding steroid dienone is 1. The summed E-state index contributed by atoms with van der Waals surface area (Å²) in [5.41, 5.74) is 7.91. The van der Waals surface area contributed by atoms with Crippen molar-refractivity contribution in [1.29, 1.82) is 5.26 Å². The number of para-hydroxylation sites is 1. The Morgan fingerprint density at radius 1 is 1.25 bits per heavy atom. The second-order valence-electron chi connectivity index (χ2n) is 6.10. The van der Waals surface area contributed by atoms with Gasteiger partial charge in [-0.2, -0.15) is 5.26 Å². The van der Waals surface area contributed by atoms with Gasteiger partial charge in [0.15, 0.2) is 3.95 Å². The van der Waals surface area contributed by atoms with Gasteiger partial charge in [-0.1, -0.05) is 30.3 Å². The molecule has 4 rings (SSSR count). The van der Waals surface area contributed by atoms with Gasteiger partial charge in [-0.05, 0) is 29.9 Å². The van der Waals surface area contributed by atoms with Crippen LogP contribution in [0.5, 0.6) is 0 Å². The third-order valence-corrected chi connectivity index (χ3v) is 5.92. The summed E-state index contributed by atoms with van der Waals surface area (Å²) >= 11 is 6.93. The monoisotopic (exact) mass is 407 g/mol. The highest BCUT2D eigenvalue weighted by atomic mass is 32.1. The summed E-state index contributed by atoms with van der Waals surface area (Å²) in [6, 6.07) is 18.0. The predicted molar refractivity (Wildman–Crippen MR) is 110 cm³/mol. The Balaban J connectivity index is 1.96. The molecule has 1 aliphatic rings. The van der Waals surface area contributed by atoms with Gasteiger partial charge in [0.25, 0.3) is 5.69 Å². The lowest BCUT2D eigenvalue weighted by Crippen LogP contribution is -2.23. The summed E-state index contributed by atoms with van der Waals surface area (Å²) in [4.78, 5) is 11.5. The number of hydrogen-bond donors (Lipinski definition) is 2. The number of non-ortho nitro benzene ring substituents is 1. The Kier molecular flexibility index (Phi) is 4.43. The normalized spacial score (nSPS) is 15.5. The average molecular weight is 407 g/mol. The number of hydrogen-bond acceptors (Lipinski definition) is 7. The fraction of sp³-hybridized carbons (Fsp3) is 0.0526. The highest BCUT2D eigenvalue weighted by molar-refractivity contribution is 7.73. The number of benzene rings is 2. The number of nitro benzene ring substituents is 1. The molecule has 9 heteroatoms. The van der Waals surface area contributed by atoms with E-state index in [0.717, 1.165) is 10.6 Å². The van der Waals surface area contributed by atoms with Gasteiger partial charge in [0, 0.05) is 17.8 Å². The van der Waals surface area contributed by atoms with E-state index in [1.165, 1.54) is 23.5 Å². The fourth-order valence-corrected chi connectivity index (χ4v) is 4.81. The quantitative estimate of drug-likeness (QED) is 0.378. The zero-order valence-corrected chi connectivity index (χ0v) is 16.0. The summed E-state index contributed by atoms with van der Waals surface area (Å²) in [6.07, 6.45) is 0. The zero-order chi connectivity index (χ0) is 19.8. The van der Waals surface area contributed by atoms with Gasteiger partial charge in [0.1, 0.15) is 11.6 Å². The number of aromatic nitrogens is 1. The van der Waals surface area contributed by atoms with Crippen LogP contribution in [0, 0.1) is 25.4 Å². The van der Waals surface area contributed by atoms with E-state index in [2.05, 4.69) is 11.4 Å². The topological polar surface area (TPSA) is 110 Å². The molecule has 0 bridgehead atoms. The van der Waals surface area contributed by atoms with Crippen LogP contribution in [0.15, 0.2) is 66.0 Å². The highest BCUT2D eigenvalue weighted by Gasteiger charge is 2.33. The Morgan fingerprint density at radius 3 is 2.68 bits per heavy atom. The van der Waals surface area contributed by atoms with E-state index in [1.54, 1.807) is 12.1 Å². The van der Waals surface area contributed by atoms with Crippen LogP contribution in [0.1, 0.15) is 16.4 Å². The SMILES string of the molecule is N#CC1=C(N)Nc2c(sc(=S)n2-c2ccccc2)C1c1cccc([N+](=O)[O-])c1. The molecule has 7 nitrogen and oxygen atoms in total. The van der Waals surface area contributed by atoms with Crippen LogP contribution < -0.4 is 11.1 Å². The second-order valence-corrected chi connectivity index (χ2v) is 7.78. The Labute approximate surface area is 169 Å². The van der Waals surface area contributed by atoms with Crippen molar-refractivity contribution in [3.8, 4) is 11.8 Å². The van der Waals surface area contributed by atoms with Crippen molar-refractivity contribution in [3.63, 3.8) is 0 Å². The van der Waals surface area contributed by atoms with Crippen molar-refractivity contribution >= 4 is 35.1 Å². The highest BCUT2D eigenvalue weighted by Crippen LogP contribution is 2.45. The lowest BCUT2D eigenvalue weighted by molar-refractivity contribution is -0.384. The van der Waals surface area contributed by atoms with Crippen LogP contribution in [-0.4, -0.2) is 9.49 Å². The van der Waals surface area contributed by atoms with Gasteiger partial charge in [0.05, 0.1) is 27.4 Å². The largest absolute Gasteiger partial charge is 0.384 e. The van der Waals surface area contributed by atoms with E-state index in [9.17, 15) is 15.4 Å². The van der Waals surface area contributed by atoms with Crippen LogP contribution in [0.3, 0.4) is 0 Å². The second kappa shape index (κ2) is 6.92. The maximum absolute atomic E-state index is 11.2. The van der Waals surface area contributed by atoms with E-state index in [4.69, 9.17) is 18.0 Å². The summed E-state index contributed by atoms with van der Waals surface area (Å²) in [5, 5.41) is 24.0. The molecule has 0 saturated heterocycles. The van der Waals surface area contributed by atoms with E-state index >= 15 is 0 Å². The van der Waals surface area contributed by atoms with Crippen molar-refractivity contribution in [1.82, 2.24) is 4.57 Å². The Morgan fingerprint density at radius 2 is 2.00 bits per heavy atom. The maximum Gasteiger partial charge on any atom is 0.269 e. The smallest absolute Gasteiger partial charge is 0.269 e. The molecular formula is C19H13N5O2S2. The molecule has 0 aliphatic carbocycles.